The fraction of sp³-hybridized carbons (Fsp3) is 0.345. The van der Waals surface area contributed by atoms with E-state index in [1.807, 2.05) is 0 Å². The lowest BCUT2D eigenvalue weighted by molar-refractivity contribution is -0.138. The smallest absolute Gasteiger partial charge is 0.255 e. The van der Waals surface area contributed by atoms with Crippen LogP contribution >= 0.6 is 23.2 Å². The Balaban J connectivity index is 1.63. The van der Waals surface area contributed by atoms with Gasteiger partial charge < -0.3 is 4.90 Å². The molecule has 5 rings (SSSR count). The van der Waals surface area contributed by atoms with Crippen molar-refractivity contribution in [3.8, 4) is 0 Å². The summed E-state index contributed by atoms with van der Waals surface area (Å²) in [6.45, 7) is -0.0344. The lowest BCUT2D eigenvalue weighted by Gasteiger charge is -2.49. The second-order valence-electron chi connectivity index (χ2n) is 10.5. The molecule has 1 unspecified atom stereocenters. The van der Waals surface area contributed by atoms with E-state index in [-0.39, 0.29) is 22.8 Å². The number of rotatable bonds is 8. The first-order valence-corrected chi connectivity index (χ1v) is 16.0. The standard InChI is InChI=1S/C29H29Cl2FN4O5S/c1-42(39,40)35-24-7-2-3-8-25(24)36-27(21-11-9-17(30)14-23(21)31)26(22-15-18(32)10-12-20(22)29(36)38)28(37)34-41-16-19-6-4-5-13-33-19/h4-6,9-15,24-27,35H,2-3,7-8,16H2,1H3,(H,34,37)/t24?,25-,26+,27-/m0/s1. The Bertz CT molecular complexity index is 1590. The van der Waals surface area contributed by atoms with Crippen LogP contribution in [0.4, 0.5) is 4.39 Å². The van der Waals surface area contributed by atoms with Crippen LogP contribution in [0, 0.1) is 5.82 Å². The first-order chi connectivity index (χ1) is 20.0. The number of carbonyl (C=O) groups excluding carboxylic acids is 2. The highest BCUT2D eigenvalue weighted by molar-refractivity contribution is 7.88. The van der Waals surface area contributed by atoms with Crippen molar-refractivity contribution in [3.63, 3.8) is 0 Å². The molecule has 0 bridgehead atoms. The molecule has 2 heterocycles. The number of carbonyl (C=O) groups is 2. The van der Waals surface area contributed by atoms with Gasteiger partial charge in [0.05, 0.1) is 23.9 Å². The number of nitrogens with one attached hydrogen (secondary N) is 2. The molecule has 42 heavy (non-hydrogen) atoms. The first kappa shape index (κ1) is 30.4. The molecule has 13 heteroatoms. The van der Waals surface area contributed by atoms with Crippen molar-refractivity contribution in [1.82, 2.24) is 20.1 Å². The SMILES string of the molecule is CS(=O)(=O)NC1CCCC[C@@H]1N1C(=O)c2ccc(F)cc2[C@@H](C(=O)NOCc2ccccn2)[C@@H]1c1ccc(Cl)cc1Cl. The highest BCUT2D eigenvalue weighted by atomic mass is 35.5. The maximum absolute atomic E-state index is 14.7. The highest BCUT2D eigenvalue weighted by Gasteiger charge is 2.49. The molecule has 2 N–H and O–H groups in total. The van der Waals surface area contributed by atoms with E-state index >= 15 is 0 Å². The highest BCUT2D eigenvalue weighted by Crippen LogP contribution is 2.48. The van der Waals surface area contributed by atoms with Gasteiger partial charge in [-0.2, -0.15) is 0 Å². The Kier molecular flexibility index (Phi) is 9.14. The van der Waals surface area contributed by atoms with Crippen LogP contribution in [0.25, 0.3) is 0 Å². The van der Waals surface area contributed by atoms with Gasteiger partial charge in [0.2, 0.25) is 10.0 Å². The van der Waals surface area contributed by atoms with Gasteiger partial charge in [-0.25, -0.2) is 23.0 Å². The molecule has 1 saturated carbocycles. The van der Waals surface area contributed by atoms with Crippen LogP contribution in [0.5, 0.6) is 0 Å². The Morgan fingerprint density at radius 2 is 1.88 bits per heavy atom. The second-order valence-corrected chi connectivity index (χ2v) is 13.1. The molecule has 2 amide bonds. The topological polar surface area (TPSA) is 118 Å². The number of fused-ring (bicyclic) bond motifs is 1. The first-order valence-electron chi connectivity index (χ1n) is 13.4. The van der Waals surface area contributed by atoms with Crippen LogP contribution in [-0.2, 0) is 26.3 Å². The van der Waals surface area contributed by atoms with Gasteiger partial charge in [0, 0.05) is 33.9 Å². The summed E-state index contributed by atoms with van der Waals surface area (Å²) >= 11 is 12.9. The molecule has 222 valence electrons. The zero-order valence-electron chi connectivity index (χ0n) is 22.6. The monoisotopic (exact) mass is 634 g/mol. The zero-order chi connectivity index (χ0) is 30.0. The van der Waals surface area contributed by atoms with Gasteiger partial charge in [-0.1, -0.05) is 48.2 Å². The summed E-state index contributed by atoms with van der Waals surface area (Å²) in [6.07, 6.45) is 5.11. The molecule has 2 aromatic carbocycles. The molecule has 0 radical (unpaired) electrons. The van der Waals surface area contributed by atoms with E-state index < -0.39 is 51.7 Å². The molecule has 1 aliphatic heterocycles. The number of benzene rings is 2. The molecule has 1 aromatic heterocycles. The van der Waals surface area contributed by atoms with Gasteiger partial charge in [0.25, 0.3) is 11.8 Å². The number of nitrogens with zero attached hydrogens (tertiary/aromatic N) is 2. The summed E-state index contributed by atoms with van der Waals surface area (Å²) in [6, 6.07) is 11.4. The summed E-state index contributed by atoms with van der Waals surface area (Å²) in [5.74, 6) is -2.91. The van der Waals surface area contributed by atoms with Crippen LogP contribution in [0.3, 0.4) is 0 Å². The van der Waals surface area contributed by atoms with E-state index in [1.165, 1.54) is 17.0 Å². The number of hydrogen-bond donors (Lipinski definition) is 2. The molecule has 1 fully saturated rings. The Hall–Kier alpha value is -3.09. The van der Waals surface area contributed by atoms with Crippen LogP contribution in [0.2, 0.25) is 10.0 Å². The number of pyridine rings is 1. The predicted octanol–water partition coefficient (Wildman–Crippen LogP) is 4.92. The predicted molar refractivity (Wildman–Crippen MR) is 156 cm³/mol. The molecular formula is C29H29Cl2FN4O5S. The Morgan fingerprint density at radius 3 is 2.60 bits per heavy atom. The summed E-state index contributed by atoms with van der Waals surface area (Å²) < 4.78 is 42.0. The van der Waals surface area contributed by atoms with E-state index in [9.17, 15) is 22.4 Å². The van der Waals surface area contributed by atoms with Gasteiger partial charge in [-0.05, 0) is 66.4 Å². The average Bonchev–Trinajstić information content (AvgIpc) is 2.93. The van der Waals surface area contributed by atoms with Crippen molar-refractivity contribution in [1.29, 1.82) is 0 Å². The van der Waals surface area contributed by atoms with Crippen molar-refractivity contribution in [2.24, 2.45) is 0 Å². The average molecular weight is 636 g/mol. The van der Waals surface area contributed by atoms with E-state index in [0.29, 0.717) is 29.1 Å². The molecule has 0 saturated heterocycles. The minimum atomic E-state index is -3.63. The fourth-order valence-electron chi connectivity index (χ4n) is 5.88. The molecular weight excluding hydrogens is 606 g/mol. The van der Waals surface area contributed by atoms with E-state index in [2.05, 4.69) is 15.2 Å². The van der Waals surface area contributed by atoms with Gasteiger partial charge >= 0.3 is 0 Å². The molecule has 0 spiro atoms. The third-order valence-electron chi connectivity index (χ3n) is 7.56. The zero-order valence-corrected chi connectivity index (χ0v) is 24.9. The van der Waals surface area contributed by atoms with E-state index in [1.54, 1.807) is 36.5 Å². The van der Waals surface area contributed by atoms with Gasteiger partial charge in [-0.15, -0.1) is 0 Å². The Morgan fingerprint density at radius 1 is 1.10 bits per heavy atom. The molecule has 2 aliphatic rings. The van der Waals surface area contributed by atoms with Crippen molar-refractivity contribution in [2.75, 3.05) is 6.26 Å². The molecule has 4 atom stereocenters. The van der Waals surface area contributed by atoms with Crippen molar-refractivity contribution >= 4 is 45.0 Å². The molecule has 1 aliphatic carbocycles. The summed E-state index contributed by atoms with van der Waals surface area (Å²) in [5.41, 5.74) is 3.72. The maximum Gasteiger partial charge on any atom is 0.255 e. The van der Waals surface area contributed by atoms with Gasteiger partial charge in [0.15, 0.2) is 0 Å². The lowest BCUT2D eigenvalue weighted by Crippen LogP contribution is -2.59. The van der Waals surface area contributed by atoms with Crippen molar-refractivity contribution in [2.45, 2.75) is 56.3 Å². The maximum atomic E-state index is 14.7. The largest absolute Gasteiger partial charge is 0.326 e. The minimum absolute atomic E-state index is 0.0344. The number of hydroxylamine groups is 1. The normalized spacial score (nSPS) is 22.5. The summed E-state index contributed by atoms with van der Waals surface area (Å²) in [7, 11) is -3.63. The van der Waals surface area contributed by atoms with E-state index in [0.717, 1.165) is 31.2 Å². The van der Waals surface area contributed by atoms with Gasteiger partial charge in [0.1, 0.15) is 12.4 Å². The summed E-state index contributed by atoms with van der Waals surface area (Å²) in [4.78, 5) is 39.4. The number of sulfonamides is 1. The van der Waals surface area contributed by atoms with E-state index in [4.69, 9.17) is 28.0 Å². The number of amides is 2. The lowest BCUT2D eigenvalue weighted by atomic mass is 9.76. The number of hydrogen-bond acceptors (Lipinski definition) is 6. The van der Waals surface area contributed by atoms with Crippen molar-refractivity contribution < 1.29 is 27.2 Å². The summed E-state index contributed by atoms with van der Waals surface area (Å²) in [5, 5.41) is 0.540. The van der Waals surface area contributed by atoms with Crippen LogP contribution in [0.15, 0.2) is 60.8 Å². The van der Waals surface area contributed by atoms with Crippen molar-refractivity contribution in [3.05, 3.63) is 99.0 Å². The van der Waals surface area contributed by atoms with Crippen LogP contribution in [-0.4, -0.2) is 48.5 Å². The minimum Gasteiger partial charge on any atom is -0.326 e. The Labute approximate surface area is 253 Å². The number of aromatic nitrogens is 1. The second kappa shape index (κ2) is 12.6. The number of halogens is 3. The quantitative estimate of drug-likeness (QED) is 0.340. The van der Waals surface area contributed by atoms with Crippen LogP contribution in [0.1, 0.15) is 64.8 Å². The van der Waals surface area contributed by atoms with Crippen LogP contribution < -0.4 is 10.2 Å². The third-order valence-corrected chi connectivity index (χ3v) is 8.86. The van der Waals surface area contributed by atoms with Gasteiger partial charge in [-0.3, -0.25) is 19.4 Å². The molecule has 9 nitrogen and oxygen atoms in total. The fourth-order valence-corrected chi connectivity index (χ4v) is 7.22. The molecule has 3 aromatic rings. The third kappa shape index (κ3) is 6.60.